The number of hydrogen-bond donors (Lipinski definition) is 1. The number of rotatable bonds is 7. The fourth-order valence-corrected chi connectivity index (χ4v) is 2.73. The monoisotopic (exact) mass is 390 g/mol. The Bertz CT molecular complexity index is 873. The van der Waals surface area contributed by atoms with E-state index in [9.17, 15) is 18.8 Å². The normalized spacial score (nSPS) is 10.5. The largest absolute Gasteiger partial charge is 0.462 e. The second-order valence-corrected chi connectivity index (χ2v) is 6.30. The van der Waals surface area contributed by atoms with Gasteiger partial charge in [-0.3, -0.25) is 4.79 Å². The Morgan fingerprint density at radius 2 is 1.71 bits per heavy atom. The van der Waals surface area contributed by atoms with Crippen LogP contribution in [0.15, 0.2) is 24.3 Å². The number of ether oxygens (including phenoxy) is 2. The van der Waals surface area contributed by atoms with Crippen molar-refractivity contribution >= 4 is 17.8 Å². The van der Waals surface area contributed by atoms with Crippen molar-refractivity contribution < 1.29 is 28.2 Å². The summed E-state index contributed by atoms with van der Waals surface area (Å²) in [6.45, 7) is 4.97. The number of nitrogens with one attached hydrogen (secondary N) is 1. The first-order valence-corrected chi connectivity index (χ1v) is 8.76. The van der Waals surface area contributed by atoms with E-state index in [4.69, 9.17) is 9.47 Å². The van der Waals surface area contributed by atoms with Gasteiger partial charge in [0.05, 0.1) is 12.2 Å². The van der Waals surface area contributed by atoms with Crippen molar-refractivity contribution in [3.05, 3.63) is 58.2 Å². The minimum absolute atomic E-state index is 0.106. The molecule has 0 unspecified atom stereocenters. The average Bonchev–Trinajstić information content (AvgIpc) is 2.95. The van der Waals surface area contributed by atoms with E-state index in [-0.39, 0.29) is 30.2 Å². The lowest BCUT2D eigenvalue weighted by Gasteiger charge is -2.17. The molecule has 2 rings (SSSR count). The lowest BCUT2D eigenvalue weighted by Crippen LogP contribution is -2.31. The maximum atomic E-state index is 12.9. The number of benzene rings is 1. The van der Waals surface area contributed by atoms with Gasteiger partial charge in [0.1, 0.15) is 11.5 Å². The number of carbonyl (C=O) groups excluding carboxylic acids is 3. The minimum Gasteiger partial charge on any atom is -0.462 e. The molecular weight excluding hydrogens is 367 g/mol. The van der Waals surface area contributed by atoms with Crippen LogP contribution in [0.1, 0.15) is 44.6 Å². The van der Waals surface area contributed by atoms with Gasteiger partial charge in [0, 0.05) is 19.3 Å². The molecule has 2 aromatic rings. The zero-order valence-electron chi connectivity index (χ0n) is 16.3. The van der Waals surface area contributed by atoms with E-state index in [0.717, 1.165) is 5.56 Å². The Kier molecular flexibility index (Phi) is 6.92. The van der Waals surface area contributed by atoms with Crippen LogP contribution in [0.25, 0.3) is 0 Å². The molecule has 1 aromatic heterocycles. The quantitative estimate of drug-likeness (QED) is 0.735. The zero-order valence-corrected chi connectivity index (χ0v) is 16.3. The summed E-state index contributed by atoms with van der Waals surface area (Å²) < 4.78 is 23.0. The molecule has 0 radical (unpaired) electrons. The highest BCUT2D eigenvalue weighted by Crippen LogP contribution is 2.20. The molecule has 8 heteroatoms. The maximum absolute atomic E-state index is 12.9. The van der Waals surface area contributed by atoms with E-state index in [1.165, 1.54) is 17.0 Å². The van der Waals surface area contributed by atoms with Crippen LogP contribution in [0.5, 0.6) is 0 Å². The Labute approximate surface area is 162 Å². The van der Waals surface area contributed by atoms with Crippen LogP contribution in [-0.4, -0.2) is 48.0 Å². The van der Waals surface area contributed by atoms with Crippen molar-refractivity contribution in [1.29, 1.82) is 0 Å². The van der Waals surface area contributed by atoms with Gasteiger partial charge in [-0.25, -0.2) is 14.0 Å². The number of halogens is 1. The minimum atomic E-state index is -0.736. The molecule has 1 heterocycles. The third kappa shape index (κ3) is 4.97. The molecule has 1 N–H and O–H groups in total. The van der Waals surface area contributed by atoms with Gasteiger partial charge >= 0.3 is 11.9 Å². The van der Waals surface area contributed by atoms with E-state index in [1.54, 1.807) is 40.0 Å². The second kappa shape index (κ2) is 9.16. The molecule has 28 heavy (non-hydrogen) atoms. The van der Waals surface area contributed by atoms with E-state index in [0.29, 0.717) is 11.3 Å². The maximum Gasteiger partial charge on any atom is 0.355 e. The summed E-state index contributed by atoms with van der Waals surface area (Å²) >= 11 is 0. The number of aryl methyl sites for hydroxylation is 1. The topological polar surface area (TPSA) is 88.7 Å². The Morgan fingerprint density at radius 1 is 1.07 bits per heavy atom. The summed E-state index contributed by atoms with van der Waals surface area (Å²) in [5.41, 5.74) is 2.04. The highest BCUT2D eigenvalue weighted by molar-refractivity contribution is 5.99. The Balaban J connectivity index is 1.97. The predicted octanol–water partition coefficient (Wildman–Crippen LogP) is 2.76. The predicted molar refractivity (Wildman–Crippen MR) is 99.4 cm³/mol. The lowest BCUT2D eigenvalue weighted by molar-refractivity contribution is -0.133. The molecule has 1 aromatic carbocycles. The molecule has 0 saturated carbocycles. The molecule has 7 nitrogen and oxygen atoms in total. The third-order valence-electron chi connectivity index (χ3n) is 4.21. The van der Waals surface area contributed by atoms with Gasteiger partial charge in [-0.2, -0.15) is 0 Å². The third-order valence-corrected chi connectivity index (χ3v) is 4.21. The first-order chi connectivity index (χ1) is 13.2. The van der Waals surface area contributed by atoms with E-state index in [1.807, 2.05) is 0 Å². The average molecular weight is 390 g/mol. The standard InChI is InChI=1S/C20H23FN2O5/c1-5-27-19(25)17-12(2)18(22-13(17)3)20(26)28-11-16(24)23(4)10-14-6-8-15(21)9-7-14/h6-9,22H,5,10-11H2,1-4H3. The van der Waals surface area contributed by atoms with Crippen LogP contribution in [0.3, 0.4) is 0 Å². The Hall–Kier alpha value is -3.16. The summed E-state index contributed by atoms with van der Waals surface area (Å²) in [6, 6.07) is 5.77. The molecule has 0 atom stereocenters. The molecule has 0 aliphatic rings. The van der Waals surface area contributed by atoms with Crippen LogP contribution in [0.4, 0.5) is 4.39 Å². The van der Waals surface area contributed by atoms with Crippen LogP contribution in [0.2, 0.25) is 0 Å². The molecule has 150 valence electrons. The number of amides is 1. The SMILES string of the molecule is CCOC(=O)c1c(C)[nH]c(C(=O)OCC(=O)N(C)Cc2ccc(F)cc2)c1C. The van der Waals surface area contributed by atoms with Gasteiger partial charge in [0.25, 0.3) is 5.91 Å². The van der Waals surface area contributed by atoms with Gasteiger partial charge in [-0.15, -0.1) is 0 Å². The van der Waals surface area contributed by atoms with Crippen molar-refractivity contribution in [2.45, 2.75) is 27.3 Å². The van der Waals surface area contributed by atoms with Crippen LogP contribution in [0, 0.1) is 19.7 Å². The van der Waals surface area contributed by atoms with Crippen molar-refractivity contribution in [1.82, 2.24) is 9.88 Å². The number of esters is 2. The van der Waals surface area contributed by atoms with Gasteiger partial charge in [0.15, 0.2) is 6.61 Å². The van der Waals surface area contributed by atoms with Crippen molar-refractivity contribution in [2.24, 2.45) is 0 Å². The summed E-state index contributed by atoms with van der Waals surface area (Å²) in [7, 11) is 1.56. The van der Waals surface area contributed by atoms with Gasteiger partial charge in [-0.05, 0) is 44.0 Å². The number of aromatic nitrogens is 1. The Morgan fingerprint density at radius 3 is 2.32 bits per heavy atom. The molecule has 0 aliphatic carbocycles. The van der Waals surface area contributed by atoms with Crippen LogP contribution >= 0.6 is 0 Å². The number of hydrogen-bond acceptors (Lipinski definition) is 5. The van der Waals surface area contributed by atoms with Crippen LogP contribution in [-0.2, 0) is 20.8 Å². The molecular formula is C20H23FN2O5. The summed E-state index contributed by atoms with van der Waals surface area (Å²) in [5, 5.41) is 0. The lowest BCUT2D eigenvalue weighted by atomic mass is 10.1. The van der Waals surface area contributed by atoms with Gasteiger partial charge in [-0.1, -0.05) is 12.1 Å². The molecule has 0 bridgehead atoms. The van der Waals surface area contributed by atoms with Gasteiger partial charge < -0.3 is 19.4 Å². The number of aromatic amines is 1. The second-order valence-electron chi connectivity index (χ2n) is 6.30. The molecule has 0 aliphatic heterocycles. The molecule has 0 spiro atoms. The summed E-state index contributed by atoms with van der Waals surface area (Å²) in [4.78, 5) is 40.7. The van der Waals surface area contributed by atoms with Crippen LogP contribution < -0.4 is 0 Å². The van der Waals surface area contributed by atoms with Crippen molar-refractivity contribution in [3.63, 3.8) is 0 Å². The smallest absolute Gasteiger partial charge is 0.355 e. The zero-order chi connectivity index (χ0) is 20.8. The van der Waals surface area contributed by atoms with E-state index < -0.39 is 24.5 Å². The summed E-state index contributed by atoms with van der Waals surface area (Å²) in [6.07, 6.45) is 0. The first kappa shape index (κ1) is 21.1. The fraction of sp³-hybridized carbons (Fsp3) is 0.350. The fourth-order valence-electron chi connectivity index (χ4n) is 2.73. The molecule has 0 saturated heterocycles. The van der Waals surface area contributed by atoms with Crippen molar-refractivity contribution in [3.8, 4) is 0 Å². The molecule has 1 amide bonds. The number of carbonyl (C=O) groups is 3. The van der Waals surface area contributed by atoms with Gasteiger partial charge in [0.2, 0.25) is 0 Å². The van der Waals surface area contributed by atoms with E-state index >= 15 is 0 Å². The number of likely N-dealkylation sites (N-methyl/N-ethyl adjacent to an activating group) is 1. The first-order valence-electron chi connectivity index (χ1n) is 8.76. The van der Waals surface area contributed by atoms with Crippen molar-refractivity contribution in [2.75, 3.05) is 20.3 Å². The highest BCUT2D eigenvalue weighted by atomic mass is 19.1. The number of nitrogens with zero attached hydrogens (tertiary/aromatic N) is 1. The highest BCUT2D eigenvalue weighted by Gasteiger charge is 2.24. The summed E-state index contributed by atoms with van der Waals surface area (Å²) in [5.74, 6) is -2.03. The molecule has 0 fully saturated rings. The number of H-pyrrole nitrogens is 1. The van der Waals surface area contributed by atoms with E-state index in [2.05, 4.69) is 4.98 Å².